The average Bonchev–Trinajstić information content (AvgIpc) is 2.85. The molecule has 0 aliphatic carbocycles. The lowest BCUT2D eigenvalue weighted by Crippen LogP contribution is -2.35. The number of carbonyl (C=O) groups excluding carboxylic acids is 1. The van der Waals surface area contributed by atoms with E-state index in [1.807, 2.05) is 30.1 Å². The van der Waals surface area contributed by atoms with Gasteiger partial charge in [0.2, 0.25) is 0 Å². The van der Waals surface area contributed by atoms with Crippen LogP contribution in [0.15, 0.2) is 18.5 Å². The molecule has 0 aromatic carbocycles. The van der Waals surface area contributed by atoms with Crippen molar-refractivity contribution in [3.8, 4) is 0 Å². The molecule has 1 aliphatic heterocycles. The van der Waals surface area contributed by atoms with E-state index in [4.69, 9.17) is 0 Å². The number of aromatic nitrogens is 1. The molecule has 4 nitrogen and oxygen atoms in total. The molecule has 0 radical (unpaired) electrons. The zero-order valence-corrected chi connectivity index (χ0v) is 11.8. The number of hydrogen-bond donors (Lipinski definition) is 0. The van der Waals surface area contributed by atoms with E-state index in [1.54, 1.807) is 0 Å². The summed E-state index contributed by atoms with van der Waals surface area (Å²) in [6.07, 6.45) is 3.81. The Bertz CT molecular complexity index is 424. The van der Waals surface area contributed by atoms with Gasteiger partial charge in [-0.1, -0.05) is 6.92 Å². The smallest absolute Gasteiger partial charge is 0.178 e. The minimum absolute atomic E-state index is 0.224. The van der Waals surface area contributed by atoms with Crippen LogP contribution in [0.25, 0.3) is 0 Å². The first-order chi connectivity index (χ1) is 8.47. The van der Waals surface area contributed by atoms with Crippen LogP contribution in [0.3, 0.4) is 0 Å². The van der Waals surface area contributed by atoms with Crippen molar-refractivity contribution in [3.05, 3.63) is 24.0 Å². The Morgan fingerprint density at radius 1 is 1.44 bits per heavy atom. The highest BCUT2D eigenvalue weighted by molar-refractivity contribution is 5.97. The van der Waals surface area contributed by atoms with Crippen LogP contribution >= 0.6 is 0 Å². The summed E-state index contributed by atoms with van der Waals surface area (Å²) in [7, 11) is 6.17. The second kappa shape index (κ2) is 5.24. The molecular weight excluding hydrogens is 226 g/mol. The van der Waals surface area contributed by atoms with Crippen LogP contribution in [0.4, 0.5) is 0 Å². The van der Waals surface area contributed by atoms with Crippen molar-refractivity contribution in [2.45, 2.75) is 13.0 Å². The van der Waals surface area contributed by atoms with Crippen molar-refractivity contribution >= 4 is 5.78 Å². The molecule has 4 heteroatoms. The number of ketones is 1. The third-order valence-corrected chi connectivity index (χ3v) is 3.83. The number of carbonyl (C=O) groups is 1. The first-order valence-electron chi connectivity index (χ1n) is 6.51. The molecule has 100 valence electrons. The van der Waals surface area contributed by atoms with Crippen LogP contribution in [0.5, 0.6) is 0 Å². The molecule has 0 amide bonds. The summed E-state index contributed by atoms with van der Waals surface area (Å²) < 4.78 is 1.92. The molecule has 0 spiro atoms. The number of rotatable bonds is 4. The molecule has 18 heavy (non-hydrogen) atoms. The fraction of sp³-hybridized carbons (Fsp3) is 0.643. The zero-order valence-electron chi connectivity index (χ0n) is 11.8. The van der Waals surface area contributed by atoms with Gasteiger partial charge < -0.3 is 9.47 Å². The maximum Gasteiger partial charge on any atom is 0.178 e. The molecule has 0 N–H and O–H groups in total. The third-order valence-electron chi connectivity index (χ3n) is 3.83. The average molecular weight is 249 g/mol. The molecule has 0 saturated carbocycles. The summed E-state index contributed by atoms with van der Waals surface area (Å²) in [5.41, 5.74) is 0.818. The van der Waals surface area contributed by atoms with Gasteiger partial charge in [-0.15, -0.1) is 0 Å². The number of aryl methyl sites for hydroxylation is 1. The summed E-state index contributed by atoms with van der Waals surface area (Å²) in [4.78, 5) is 16.7. The summed E-state index contributed by atoms with van der Waals surface area (Å²) in [6, 6.07) is 2.46. The summed E-state index contributed by atoms with van der Waals surface area (Å²) in [5.74, 6) is 0.853. The standard InChI is InChI=1S/C14H23N3O/c1-11-7-17(9-13(11)15(2)3)10-14(18)12-5-6-16(4)8-12/h5-6,8,11,13H,7,9-10H2,1-4H3. The van der Waals surface area contributed by atoms with E-state index in [2.05, 4.69) is 30.8 Å². The first kappa shape index (κ1) is 13.3. The van der Waals surface area contributed by atoms with Crippen molar-refractivity contribution in [3.63, 3.8) is 0 Å². The molecule has 2 rings (SSSR count). The van der Waals surface area contributed by atoms with Crippen LogP contribution in [0.2, 0.25) is 0 Å². The molecule has 2 unspecified atom stereocenters. The number of likely N-dealkylation sites (N-methyl/N-ethyl adjacent to an activating group) is 1. The molecule has 1 saturated heterocycles. The maximum atomic E-state index is 12.1. The van der Waals surface area contributed by atoms with Crippen molar-refractivity contribution in [1.29, 1.82) is 0 Å². The number of Topliss-reactive ketones (excluding diaryl/α,β-unsaturated/α-hetero) is 1. The van der Waals surface area contributed by atoms with Crippen LogP contribution < -0.4 is 0 Å². The molecule has 1 aliphatic rings. The number of hydrogen-bond acceptors (Lipinski definition) is 3. The Balaban J connectivity index is 1.93. The Labute approximate surface area is 109 Å². The van der Waals surface area contributed by atoms with E-state index < -0.39 is 0 Å². The van der Waals surface area contributed by atoms with E-state index in [-0.39, 0.29) is 5.78 Å². The third kappa shape index (κ3) is 2.82. The lowest BCUT2D eigenvalue weighted by atomic mass is 10.1. The number of nitrogens with zero attached hydrogens (tertiary/aromatic N) is 3. The van der Waals surface area contributed by atoms with E-state index in [1.165, 1.54) is 0 Å². The Hall–Kier alpha value is -1.13. The van der Waals surface area contributed by atoms with Crippen LogP contribution in [-0.4, -0.2) is 59.9 Å². The predicted octanol–water partition coefficient (Wildman–Crippen LogP) is 1.09. The van der Waals surface area contributed by atoms with Gasteiger partial charge in [0.25, 0.3) is 0 Å². The van der Waals surface area contributed by atoms with Gasteiger partial charge in [0.05, 0.1) is 6.54 Å². The topological polar surface area (TPSA) is 28.5 Å². The van der Waals surface area contributed by atoms with Crippen LogP contribution in [0, 0.1) is 5.92 Å². The predicted molar refractivity (Wildman–Crippen MR) is 72.8 cm³/mol. The highest BCUT2D eigenvalue weighted by Gasteiger charge is 2.31. The van der Waals surface area contributed by atoms with Gasteiger partial charge >= 0.3 is 0 Å². The molecule has 2 heterocycles. The quantitative estimate of drug-likeness (QED) is 0.748. The van der Waals surface area contributed by atoms with Gasteiger partial charge in [-0.2, -0.15) is 0 Å². The molecule has 0 bridgehead atoms. The van der Waals surface area contributed by atoms with Gasteiger partial charge in [-0.25, -0.2) is 0 Å². The molecule has 2 atom stereocenters. The lowest BCUT2D eigenvalue weighted by Gasteiger charge is -2.22. The highest BCUT2D eigenvalue weighted by Crippen LogP contribution is 2.20. The largest absolute Gasteiger partial charge is 0.357 e. The summed E-state index contributed by atoms with van der Waals surface area (Å²) >= 11 is 0. The molecule has 1 aromatic rings. The van der Waals surface area contributed by atoms with Gasteiger partial charge in [0.1, 0.15) is 0 Å². The monoisotopic (exact) mass is 249 g/mol. The summed E-state index contributed by atoms with van der Waals surface area (Å²) in [5, 5.41) is 0. The first-order valence-corrected chi connectivity index (χ1v) is 6.51. The van der Waals surface area contributed by atoms with Crippen LogP contribution in [0.1, 0.15) is 17.3 Å². The maximum absolute atomic E-state index is 12.1. The van der Waals surface area contributed by atoms with Crippen LogP contribution in [-0.2, 0) is 7.05 Å². The van der Waals surface area contributed by atoms with Gasteiger partial charge in [0, 0.05) is 44.1 Å². The highest BCUT2D eigenvalue weighted by atomic mass is 16.1. The second-order valence-electron chi connectivity index (χ2n) is 5.69. The van der Waals surface area contributed by atoms with Crippen molar-refractivity contribution < 1.29 is 4.79 Å². The molecule has 1 aromatic heterocycles. The Morgan fingerprint density at radius 2 is 2.17 bits per heavy atom. The van der Waals surface area contributed by atoms with Gasteiger partial charge in [-0.3, -0.25) is 9.69 Å². The van der Waals surface area contributed by atoms with E-state index in [0.717, 1.165) is 18.7 Å². The minimum atomic E-state index is 0.224. The Morgan fingerprint density at radius 3 is 2.67 bits per heavy atom. The van der Waals surface area contributed by atoms with Crippen molar-refractivity contribution in [1.82, 2.24) is 14.4 Å². The SMILES string of the molecule is CC1CN(CC(=O)c2ccn(C)c2)CC1N(C)C. The number of likely N-dealkylation sites (tertiary alicyclic amines) is 1. The fourth-order valence-corrected chi connectivity index (χ4v) is 2.81. The fourth-order valence-electron chi connectivity index (χ4n) is 2.81. The minimum Gasteiger partial charge on any atom is -0.357 e. The second-order valence-corrected chi connectivity index (χ2v) is 5.69. The zero-order chi connectivity index (χ0) is 13.3. The summed E-state index contributed by atoms with van der Waals surface area (Å²) in [6.45, 7) is 4.81. The molecular formula is C14H23N3O. The van der Waals surface area contributed by atoms with Gasteiger partial charge in [-0.05, 0) is 26.1 Å². The van der Waals surface area contributed by atoms with E-state index in [9.17, 15) is 4.79 Å². The van der Waals surface area contributed by atoms with E-state index in [0.29, 0.717) is 18.5 Å². The van der Waals surface area contributed by atoms with Crippen molar-refractivity contribution in [2.24, 2.45) is 13.0 Å². The van der Waals surface area contributed by atoms with E-state index >= 15 is 0 Å². The Kier molecular flexibility index (Phi) is 3.88. The normalized spacial score (nSPS) is 24.9. The van der Waals surface area contributed by atoms with Crippen molar-refractivity contribution in [2.75, 3.05) is 33.7 Å². The lowest BCUT2D eigenvalue weighted by molar-refractivity contribution is 0.0941. The van der Waals surface area contributed by atoms with Gasteiger partial charge in [0.15, 0.2) is 5.78 Å². The molecule has 1 fully saturated rings.